The van der Waals surface area contributed by atoms with E-state index in [0.717, 1.165) is 6.07 Å². The van der Waals surface area contributed by atoms with Gasteiger partial charge in [0.2, 0.25) is 10.0 Å². The molecule has 0 atom stereocenters. The normalized spacial score (nSPS) is 11.3. The Morgan fingerprint density at radius 1 is 1.30 bits per heavy atom. The average molecular weight is 416 g/mol. The standard InChI is InChI=1S/C17H22ClN3O5S/c1-12(2)21(4)27(24,25)13-6-7-15(18)14(10-13)17(23)26-11-16(22)20(3)9-5-8-19/h6-7,10,12H,5,9,11H2,1-4H3. The monoisotopic (exact) mass is 415 g/mol. The summed E-state index contributed by atoms with van der Waals surface area (Å²) in [5.41, 5.74) is -0.151. The lowest BCUT2D eigenvalue weighted by atomic mass is 10.2. The Labute approximate surface area is 164 Å². The zero-order valence-electron chi connectivity index (χ0n) is 15.6. The summed E-state index contributed by atoms with van der Waals surface area (Å²) in [7, 11) is -0.890. The van der Waals surface area contributed by atoms with E-state index in [1.165, 1.54) is 35.4 Å². The van der Waals surface area contributed by atoms with Crippen LogP contribution in [0.1, 0.15) is 30.6 Å². The van der Waals surface area contributed by atoms with E-state index in [1.54, 1.807) is 13.8 Å². The number of nitrogens with zero attached hydrogens (tertiary/aromatic N) is 3. The molecule has 1 aromatic rings. The molecule has 0 aromatic heterocycles. The highest BCUT2D eigenvalue weighted by Crippen LogP contribution is 2.24. The van der Waals surface area contributed by atoms with Crippen LogP contribution < -0.4 is 0 Å². The topological polar surface area (TPSA) is 108 Å². The molecule has 0 fully saturated rings. The molecular weight excluding hydrogens is 394 g/mol. The SMILES string of the molecule is CC(C)N(C)S(=O)(=O)c1ccc(Cl)c(C(=O)OCC(=O)N(C)CCC#N)c1. The second-order valence-electron chi connectivity index (χ2n) is 6.06. The molecule has 0 saturated carbocycles. The quantitative estimate of drug-likeness (QED) is 0.600. The number of rotatable bonds is 8. The summed E-state index contributed by atoms with van der Waals surface area (Å²) in [6.07, 6.45) is 0.158. The summed E-state index contributed by atoms with van der Waals surface area (Å²) in [5.74, 6) is -1.40. The molecule has 27 heavy (non-hydrogen) atoms. The molecule has 0 radical (unpaired) electrons. The van der Waals surface area contributed by atoms with Crippen LogP contribution in [0.5, 0.6) is 0 Å². The minimum atomic E-state index is -3.80. The van der Waals surface area contributed by atoms with Gasteiger partial charge < -0.3 is 9.64 Å². The molecule has 0 aliphatic carbocycles. The number of carbonyl (C=O) groups is 2. The zero-order chi connectivity index (χ0) is 20.8. The number of benzene rings is 1. The van der Waals surface area contributed by atoms with Gasteiger partial charge in [0.1, 0.15) is 0 Å². The number of halogens is 1. The summed E-state index contributed by atoms with van der Waals surface area (Å²) in [4.78, 5) is 25.3. The van der Waals surface area contributed by atoms with Crippen LogP contribution in [0, 0.1) is 11.3 Å². The number of amides is 1. The van der Waals surface area contributed by atoms with Gasteiger partial charge in [-0.1, -0.05) is 11.6 Å². The number of carbonyl (C=O) groups excluding carboxylic acids is 2. The van der Waals surface area contributed by atoms with E-state index in [-0.39, 0.29) is 34.5 Å². The van der Waals surface area contributed by atoms with Crippen LogP contribution in [0.15, 0.2) is 23.1 Å². The van der Waals surface area contributed by atoms with Gasteiger partial charge in [0, 0.05) is 26.7 Å². The van der Waals surface area contributed by atoms with Gasteiger partial charge in [0.15, 0.2) is 6.61 Å². The third-order valence-corrected chi connectivity index (χ3v) is 6.23. The van der Waals surface area contributed by atoms with Gasteiger partial charge in [-0.15, -0.1) is 0 Å². The van der Waals surface area contributed by atoms with Crippen LogP contribution in [0.2, 0.25) is 5.02 Å². The van der Waals surface area contributed by atoms with E-state index < -0.39 is 28.5 Å². The van der Waals surface area contributed by atoms with Crippen LogP contribution in [0.3, 0.4) is 0 Å². The second kappa shape index (κ2) is 9.69. The van der Waals surface area contributed by atoms with Gasteiger partial charge in [0.25, 0.3) is 5.91 Å². The molecule has 0 bridgehead atoms. The minimum absolute atomic E-state index is 0.0106. The average Bonchev–Trinajstić information content (AvgIpc) is 2.62. The number of ether oxygens (including phenoxy) is 1. The first-order chi connectivity index (χ1) is 12.5. The lowest BCUT2D eigenvalue weighted by molar-refractivity contribution is -0.133. The summed E-state index contributed by atoms with van der Waals surface area (Å²) >= 11 is 5.99. The molecule has 148 valence electrons. The molecule has 0 N–H and O–H groups in total. The Hall–Kier alpha value is -2.15. The molecule has 0 heterocycles. The van der Waals surface area contributed by atoms with Gasteiger partial charge in [-0.2, -0.15) is 9.57 Å². The highest BCUT2D eigenvalue weighted by molar-refractivity contribution is 7.89. The van der Waals surface area contributed by atoms with Gasteiger partial charge in [-0.3, -0.25) is 4.79 Å². The molecule has 0 aliphatic rings. The van der Waals surface area contributed by atoms with Gasteiger partial charge in [0.05, 0.1) is 28.0 Å². The van der Waals surface area contributed by atoms with Crippen molar-refractivity contribution in [2.24, 2.45) is 0 Å². The molecule has 0 unspecified atom stereocenters. The largest absolute Gasteiger partial charge is 0.452 e. The van der Waals surface area contributed by atoms with Crippen LogP contribution >= 0.6 is 11.6 Å². The molecule has 10 heteroatoms. The fourth-order valence-corrected chi connectivity index (χ4v) is 3.51. The van der Waals surface area contributed by atoms with E-state index in [1.807, 2.05) is 6.07 Å². The van der Waals surface area contributed by atoms with Crippen molar-refractivity contribution in [2.75, 3.05) is 27.2 Å². The molecule has 1 rings (SSSR count). The first-order valence-corrected chi connectivity index (χ1v) is 9.89. The van der Waals surface area contributed by atoms with E-state index in [4.69, 9.17) is 21.6 Å². The number of nitriles is 1. The minimum Gasteiger partial charge on any atom is -0.452 e. The predicted octanol–water partition coefficient (Wildman–Crippen LogP) is 1.90. The third-order valence-electron chi connectivity index (χ3n) is 3.87. The highest BCUT2D eigenvalue weighted by atomic mass is 35.5. The Bertz CT molecular complexity index is 849. The van der Waals surface area contributed by atoms with Crippen molar-refractivity contribution in [1.29, 1.82) is 5.26 Å². The Balaban J connectivity index is 2.96. The molecule has 0 saturated heterocycles. The van der Waals surface area contributed by atoms with Gasteiger partial charge in [-0.25, -0.2) is 13.2 Å². The molecular formula is C17H22ClN3O5S. The second-order valence-corrected chi connectivity index (χ2v) is 8.46. The molecule has 8 nitrogen and oxygen atoms in total. The summed E-state index contributed by atoms with van der Waals surface area (Å²) in [6, 6.07) is 5.35. The third kappa shape index (κ3) is 5.92. The van der Waals surface area contributed by atoms with Gasteiger partial charge >= 0.3 is 5.97 Å². The van der Waals surface area contributed by atoms with Crippen molar-refractivity contribution in [3.63, 3.8) is 0 Å². The predicted molar refractivity (Wildman–Crippen MR) is 99.7 cm³/mol. The summed E-state index contributed by atoms with van der Waals surface area (Å²) in [5, 5.41) is 8.53. The van der Waals surface area contributed by atoms with Crippen LogP contribution in [0.25, 0.3) is 0 Å². The van der Waals surface area contributed by atoms with Crippen molar-refractivity contribution in [2.45, 2.75) is 31.2 Å². The number of esters is 1. The summed E-state index contributed by atoms with van der Waals surface area (Å²) in [6.45, 7) is 3.11. The van der Waals surface area contributed by atoms with E-state index >= 15 is 0 Å². The first-order valence-electron chi connectivity index (χ1n) is 8.08. The Morgan fingerprint density at radius 3 is 2.48 bits per heavy atom. The number of hydrogen-bond donors (Lipinski definition) is 0. The van der Waals surface area contributed by atoms with Gasteiger partial charge in [-0.05, 0) is 32.0 Å². The van der Waals surface area contributed by atoms with Crippen molar-refractivity contribution in [3.8, 4) is 6.07 Å². The van der Waals surface area contributed by atoms with Crippen molar-refractivity contribution in [1.82, 2.24) is 9.21 Å². The fourth-order valence-electron chi connectivity index (χ4n) is 1.92. The fraction of sp³-hybridized carbons (Fsp3) is 0.471. The number of likely N-dealkylation sites (N-methyl/N-ethyl adjacent to an activating group) is 1. The highest BCUT2D eigenvalue weighted by Gasteiger charge is 2.25. The van der Waals surface area contributed by atoms with E-state index in [2.05, 4.69) is 0 Å². The van der Waals surface area contributed by atoms with E-state index in [9.17, 15) is 18.0 Å². The number of hydrogen-bond acceptors (Lipinski definition) is 6. The lowest BCUT2D eigenvalue weighted by Gasteiger charge is -2.21. The molecule has 0 spiro atoms. The molecule has 1 aromatic carbocycles. The van der Waals surface area contributed by atoms with Crippen LogP contribution in [0.4, 0.5) is 0 Å². The van der Waals surface area contributed by atoms with Crippen LogP contribution in [-0.2, 0) is 19.6 Å². The lowest BCUT2D eigenvalue weighted by Crippen LogP contribution is -2.33. The van der Waals surface area contributed by atoms with Crippen molar-refractivity contribution >= 4 is 33.5 Å². The summed E-state index contributed by atoms with van der Waals surface area (Å²) < 4.78 is 31.2. The Kier molecular flexibility index (Phi) is 8.21. The van der Waals surface area contributed by atoms with Crippen LogP contribution in [-0.4, -0.2) is 62.8 Å². The smallest absolute Gasteiger partial charge is 0.340 e. The Morgan fingerprint density at radius 2 is 1.93 bits per heavy atom. The number of sulfonamides is 1. The van der Waals surface area contributed by atoms with E-state index in [0.29, 0.717) is 0 Å². The zero-order valence-corrected chi connectivity index (χ0v) is 17.2. The van der Waals surface area contributed by atoms with Crippen molar-refractivity contribution < 1.29 is 22.7 Å². The molecule has 1 amide bonds. The first kappa shape index (κ1) is 22.9. The maximum absolute atomic E-state index is 12.6. The molecule has 0 aliphatic heterocycles. The maximum Gasteiger partial charge on any atom is 0.340 e. The van der Waals surface area contributed by atoms with Crippen molar-refractivity contribution in [3.05, 3.63) is 28.8 Å². The maximum atomic E-state index is 12.6.